The first-order chi connectivity index (χ1) is 10.9. The molecule has 4 heteroatoms. The molecule has 0 aliphatic heterocycles. The molecule has 1 aliphatic rings. The number of para-hydroxylation sites is 1. The minimum atomic E-state index is -1.13. The highest BCUT2D eigenvalue weighted by Crippen LogP contribution is 2.35. The van der Waals surface area contributed by atoms with Gasteiger partial charge in [-0.1, -0.05) is 18.2 Å². The van der Waals surface area contributed by atoms with Crippen molar-refractivity contribution in [3.8, 4) is 0 Å². The minimum Gasteiger partial charge on any atom is -0.256 e. The number of aromatic nitrogens is 1. The van der Waals surface area contributed by atoms with Gasteiger partial charge in [0.1, 0.15) is 11.0 Å². The molecule has 1 atom stereocenters. The summed E-state index contributed by atoms with van der Waals surface area (Å²) in [4.78, 5) is 4.45. The first kappa shape index (κ1) is 16.3. The number of hydrogen-bond acceptors (Lipinski definition) is 2. The van der Waals surface area contributed by atoms with Crippen LogP contribution in [0.25, 0.3) is 10.9 Å². The highest BCUT2D eigenvalue weighted by molar-refractivity contribution is 7.85. The fourth-order valence-electron chi connectivity index (χ4n) is 3.08. The lowest BCUT2D eigenvalue weighted by Crippen LogP contribution is -2.22. The maximum atomic E-state index is 12.2. The first-order valence-corrected chi connectivity index (χ1v) is 9.38. The lowest BCUT2D eigenvalue weighted by atomic mass is 9.82. The van der Waals surface area contributed by atoms with Crippen LogP contribution in [0.2, 0.25) is 0 Å². The van der Waals surface area contributed by atoms with Crippen molar-refractivity contribution in [2.75, 3.05) is 0 Å². The third-order valence-electron chi connectivity index (χ3n) is 4.42. The second kappa shape index (κ2) is 6.52. The highest BCUT2D eigenvalue weighted by atomic mass is 32.2. The Morgan fingerprint density at radius 3 is 2.52 bits per heavy atom. The van der Waals surface area contributed by atoms with Gasteiger partial charge < -0.3 is 0 Å². The third kappa shape index (κ3) is 3.69. The van der Waals surface area contributed by atoms with Gasteiger partial charge in [0.05, 0.1) is 10.3 Å². The van der Waals surface area contributed by atoms with E-state index in [0.717, 1.165) is 36.9 Å². The van der Waals surface area contributed by atoms with Gasteiger partial charge in [-0.2, -0.15) is 4.40 Å². The van der Waals surface area contributed by atoms with Crippen molar-refractivity contribution in [3.63, 3.8) is 0 Å². The largest absolute Gasteiger partial charge is 0.256 e. The van der Waals surface area contributed by atoms with Crippen LogP contribution in [0.3, 0.4) is 0 Å². The lowest BCUT2D eigenvalue weighted by molar-refractivity contribution is 0.569. The molecule has 0 saturated heterocycles. The summed E-state index contributed by atoms with van der Waals surface area (Å²) in [5.41, 5.74) is 3.58. The zero-order valence-electron chi connectivity index (χ0n) is 14.1. The average Bonchev–Trinajstić information content (AvgIpc) is 2.54. The predicted molar refractivity (Wildman–Crippen MR) is 98.3 cm³/mol. The van der Waals surface area contributed by atoms with Crippen LogP contribution in [0.15, 0.2) is 40.9 Å². The Morgan fingerprint density at radius 1 is 1.13 bits per heavy atom. The van der Waals surface area contributed by atoms with Crippen molar-refractivity contribution < 1.29 is 4.21 Å². The molecule has 1 saturated carbocycles. The summed E-state index contributed by atoms with van der Waals surface area (Å²) in [6.45, 7) is 5.92. The molecule has 1 unspecified atom stereocenters. The molecule has 1 fully saturated rings. The normalized spacial score (nSPS) is 20.5. The maximum Gasteiger partial charge on any atom is 0.144 e. The second-order valence-corrected chi connectivity index (χ2v) is 9.12. The molecule has 1 aromatic heterocycles. The lowest BCUT2D eigenvalue weighted by Gasteiger charge is -2.25. The molecule has 122 valence electrons. The molecular weight excluding hydrogens is 304 g/mol. The summed E-state index contributed by atoms with van der Waals surface area (Å²) in [5.74, 6) is 0.546. The Hall–Kier alpha value is -1.55. The maximum absolute atomic E-state index is 12.2. The van der Waals surface area contributed by atoms with E-state index in [-0.39, 0.29) is 4.75 Å². The van der Waals surface area contributed by atoms with E-state index in [1.807, 2.05) is 33.0 Å². The van der Waals surface area contributed by atoms with Gasteiger partial charge in [0.25, 0.3) is 0 Å². The summed E-state index contributed by atoms with van der Waals surface area (Å²) in [6.07, 6.45) is 5.96. The molecule has 0 bridgehead atoms. The molecule has 0 amide bonds. The van der Waals surface area contributed by atoms with E-state index in [4.69, 9.17) is 0 Å². The van der Waals surface area contributed by atoms with Crippen molar-refractivity contribution in [1.29, 1.82) is 0 Å². The SMILES string of the molecule is CC(C)(C)S(=O)N=C1CCC(c2ccnc3ccccc23)CC1. The Balaban J connectivity index is 1.76. The fourth-order valence-corrected chi connectivity index (χ4v) is 3.77. The van der Waals surface area contributed by atoms with Crippen molar-refractivity contribution in [1.82, 2.24) is 4.98 Å². The predicted octanol–water partition coefficient (Wildman–Crippen LogP) is 4.80. The Morgan fingerprint density at radius 2 is 1.83 bits per heavy atom. The summed E-state index contributed by atoms with van der Waals surface area (Å²) in [5, 5.41) is 1.26. The summed E-state index contributed by atoms with van der Waals surface area (Å²) < 4.78 is 16.4. The van der Waals surface area contributed by atoms with Crippen LogP contribution in [0.1, 0.15) is 57.9 Å². The average molecular weight is 328 g/mol. The van der Waals surface area contributed by atoms with Crippen LogP contribution in [0, 0.1) is 0 Å². The Kier molecular flexibility index (Phi) is 4.62. The van der Waals surface area contributed by atoms with Crippen molar-refractivity contribution >= 4 is 27.6 Å². The van der Waals surface area contributed by atoms with Gasteiger partial charge in [0.2, 0.25) is 0 Å². The second-order valence-electron chi connectivity index (χ2n) is 7.21. The fraction of sp³-hybridized carbons (Fsp3) is 0.474. The van der Waals surface area contributed by atoms with E-state index >= 15 is 0 Å². The van der Waals surface area contributed by atoms with Crippen LogP contribution in [-0.2, 0) is 11.0 Å². The zero-order valence-corrected chi connectivity index (χ0v) is 14.9. The molecule has 2 aromatic rings. The molecule has 0 N–H and O–H groups in total. The van der Waals surface area contributed by atoms with Gasteiger partial charge in [-0.3, -0.25) is 4.98 Å². The number of nitrogens with zero attached hydrogens (tertiary/aromatic N) is 2. The Labute approximate surface area is 140 Å². The molecule has 0 radical (unpaired) electrons. The van der Waals surface area contributed by atoms with Crippen LogP contribution < -0.4 is 0 Å². The minimum absolute atomic E-state index is 0.273. The van der Waals surface area contributed by atoms with Gasteiger partial charge in [0, 0.05) is 17.3 Å². The van der Waals surface area contributed by atoms with Gasteiger partial charge in [-0.15, -0.1) is 0 Å². The topological polar surface area (TPSA) is 42.3 Å². The van der Waals surface area contributed by atoms with Crippen LogP contribution in [-0.4, -0.2) is 19.7 Å². The molecule has 3 rings (SSSR count). The van der Waals surface area contributed by atoms with E-state index < -0.39 is 11.0 Å². The standard InChI is InChI=1S/C19H24N2OS/c1-19(2,3)23(22)21-15-10-8-14(9-11-15)16-12-13-20-18-7-5-4-6-17(16)18/h4-7,12-14H,8-11H2,1-3H3. The van der Waals surface area contributed by atoms with E-state index in [1.165, 1.54) is 10.9 Å². The summed E-state index contributed by atoms with van der Waals surface area (Å²) in [7, 11) is -1.13. The number of rotatable bonds is 2. The van der Waals surface area contributed by atoms with Gasteiger partial charge in [0.15, 0.2) is 0 Å². The molecule has 1 aliphatic carbocycles. The summed E-state index contributed by atoms with van der Waals surface area (Å²) >= 11 is 0. The number of fused-ring (bicyclic) bond motifs is 1. The monoisotopic (exact) mass is 328 g/mol. The first-order valence-electron chi connectivity index (χ1n) is 8.27. The van der Waals surface area contributed by atoms with Gasteiger partial charge in [-0.25, -0.2) is 4.21 Å². The molecule has 1 aromatic carbocycles. The molecular formula is C19H24N2OS. The van der Waals surface area contributed by atoms with Gasteiger partial charge >= 0.3 is 0 Å². The van der Waals surface area contributed by atoms with Crippen LogP contribution in [0.4, 0.5) is 0 Å². The number of hydrogen-bond donors (Lipinski definition) is 0. The van der Waals surface area contributed by atoms with E-state index in [9.17, 15) is 4.21 Å². The van der Waals surface area contributed by atoms with Crippen LogP contribution in [0.5, 0.6) is 0 Å². The molecule has 23 heavy (non-hydrogen) atoms. The quantitative estimate of drug-likeness (QED) is 0.795. The Bertz CT molecular complexity index is 746. The van der Waals surface area contributed by atoms with Gasteiger partial charge in [-0.05, 0) is 70.1 Å². The van der Waals surface area contributed by atoms with E-state index in [0.29, 0.717) is 5.92 Å². The van der Waals surface area contributed by atoms with Crippen LogP contribution >= 0.6 is 0 Å². The highest BCUT2D eigenvalue weighted by Gasteiger charge is 2.24. The van der Waals surface area contributed by atoms with Crippen molar-refractivity contribution in [3.05, 3.63) is 42.1 Å². The van der Waals surface area contributed by atoms with Crippen molar-refractivity contribution in [2.45, 2.75) is 57.1 Å². The zero-order chi connectivity index (χ0) is 16.4. The molecule has 3 nitrogen and oxygen atoms in total. The number of benzene rings is 1. The third-order valence-corrected chi connectivity index (χ3v) is 5.89. The van der Waals surface area contributed by atoms with Crippen molar-refractivity contribution in [2.24, 2.45) is 4.40 Å². The smallest absolute Gasteiger partial charge is 0.144 e. The van der Waals surface area contributed by atoms with E-state index in [2.05, 4.69) is 33.6 Å². The molecule has 0 spiro atoms. The molecule has 1 heterocycles. The number of pyridine rings is 1. The van der Waals surface area contributed by atoms with E-state index in [1.54, 1.807) is 0 Å². The summed E-state index contributed by atoms with van der Waals surface area (Å²) in [6, 6.07) is 10.5.